The van der Waals surface area contributed by atoms with Gasteiger partial charge in [-0.05, 0) is 12.1 Å². The van der Waals surface area contributed by atoms with Crippen LogP contribution >= 0.6 is 15.9 Å². The fourth-order valence-corrected chi connectivity index (χ4v) is 1.81. The summed E-state index contributed by atoms with van der Waals surface area (Å²) in [5.41, 5.74) is 0.580. The van der Waals surface area contributed by atoms with Crippen molar-refractivity contribution in [3.8, 4) is 5.75 Å². The van der Waals surface area contributed by atoms with Crippen LogP contribution in [-0.2, 0) is 7.05 Å². The first kappa shape index (κ1) is 9.45. The van der Waals surface area contributed by atoms with E-state index < -0.39 is 0 Å². The number of benzene rings is 1. The Balaban J connectivity index is 2.88. The minimum Gasteiger partial charge on any atom is -0.496 e. The molecule has 0 spiro atoms. The summed E-state index contributed by atoms with van der Waals surface area (Å²) in [5.74, 6) is 0.101. The molecule has 1 aromatic carbocycles. The lowest BCUT2D eigenvalue weighted by atomic mass is 10.2. The lowest BCUT2D eigenvalue weighted by Crippen LogP contribution is -1.93. The zero-order valence-corrected chi connectivity index (χ0v) is 9.30. The predicted octanol–water partition coefficient (Wildman–Crippen LogP) is 2.48. The highest BCUT2D eigenvalue weighted by atomic mass is 79.9. The molecule has 0 aliphatic rings. The Hall–Kier alpha value is -1.10. The summed E-state index contributed by atoms with van der Waals surface area (Å²) in [6.45, 7) is 0. The molecule has 0 bridgehead atoms. The average Bonchev–Trinajstić information content (AvgIpc) is 2.41. The molecule has 0 atom stereocenters. The minimum atomic E-state index is -0.385. The maximum atomic E-state index is 13.5. The van der Waals surface area contributed by atoms with E-state index in [2.05, 4.69) is 21.0 Å². The number of ether oxygens (including phenoxy) is 1. The zero-order valence-electron chi connectivity index (χ0n) is 7.71. The van der Waals surface area contributed by atoms with E-state index in [-0.39, 0.29) is 5.95 Å². The smallest absolute Gasteiger partial charge is 0.222 e. The van der Waals surface area contributed by atoms with Gasteiger partial charge in [-0.1, -0.05) is 15.9 Å². The maximum absolute atomic E-state index is 13.5. The third-order valence-electron chi connectivity index (χ3n) is 2.01. The van der Waals surface area contributed by atoms with Gasteiger partial charge in [-0.2, -0.15) is 9.49 Å². The molecule has 0 fully saturated rings. The van der Waals surface area contributed by atoms with Crippen molar-refractivity contribution in [1.29, 1.82) is 0 Å². The molecule has 14 heavy (non-hydrogen) atoms. The summed E-state index contributed by atoms with van der Waals surface area (Å²) >= 11 is 3.31. The van der Waals surface area contributed by atoms with E-state index >= 15 is 0 Å². The quantitative estimate of drug-likeness (QED) is 0.786. The summed E-state index contributed by atoms with van der Waals surface area (Å²) in [6.07, 6.45) is 0. The first-order chi connectivity index (χ1) is 6.63. The summed E-state index contributed by atoms with van der Waals surface area (Å²) < 4.78 is 20.6. The molecule has 0 unspecified atom stereocenters. The summed E-state index contributed by atoms with van der Waals surface area (Å²) in [6, 6.07) is 3.47. The second-order valence-corrected chi connectivity index (χ2v) is 3.83. The number of fused-ring (bicyclic) bond motifs is 1. The molecule has 74 valence electrons. The Morgan fingerprint density at radius 2 is 2.21 bits per heavy atom. The Morgan fingerprint density at radius 3 is 2.86 bits per heavy atom. The van der Waals surface area contributed by atoms with E-state index in [1.165, 1.54) is 11.8 Å². The predicted molar refractivity (Wildman–Crippen MR) is 54.9 cm³/mol. The van der Waals surface area contributed by atoms with Crippen molar-refractivity contribution in [3.63, 3.8) is 0 Å². The molecular formula is C9H8BrFN2O. The molecule has 0 aliphatic carbocycles. The molecule has 0 amide bonds. The van der Waals surface area contributed by atoms with Crippen molar-refractivity contribution >= 4 is 26.8 Å². The van der Waals surface area contributed by atoms with Gasteiger partial charge in [-0.25, -0.2) is 4.68 Å². The Bertz CT molecular complexity index is 495. The van der Waals surface area contributed by atoms with E-state index in [1.807, 2.05) is 0 Å². The van der Waals surface area contributed by atoms with Crippen LogP contribution in [0.1, 0.15) is 0 Å². The number of aryl methyl sites for hydroxylation is 1. The van der Waals surface area contributed by atoms with Gasteiger partial charge < -0.3 is 4.74 Å². The molecule has 0 aliphatic heterocycles. The number of methoxy groups -OCH3 is 1. The van der Waals surface area contributed by atoms with Crippen molar-refractivity contribution in [2.45, 2.75) is 0 Å². The molecule has 5 heteroatoms. The summed E-state index contributed by atoms with van der Waals surface area (Å²) in [4.78, 5) is 0. The van der Waals surface area contributed by atoms with Gasteiger partial charge >= 0.3 is 0 Å². The minimum absolute atomic E-state index is 0.385. The summed E-state index contributed by atoms with van der Waals surface area (Å²) in [5, 5.41) is 4.43. The van der Waals surface area contributed by atoms with Crippen LogP contribution in [-0.4, -0.2) is 16.9 Å². The number of nitrogens with zero attached hydrogens (tertiary/aromatic N) is 2. The van der Waals surface area contributed by atoms with Gasteiger partial charge in [-0.3, -0.25) is 0 Å². The number of hydrogen-bond donors (Lipinski definition) is 0. The van der Waals surface area contributed by atoms with Crippen LogP contribution in [0.5, 0.6) is 5.75 Å². The normalized spacial score (nSPS) is 10.9. The van der Waals surface area contributed by atoms with E-state index in [9.17, 15) is 4.39 Å². The van der Waals surface area contributed by atoms with Gasteiger partial charge in [-0.15, -0.1) is 0 Å². The van der Waals surface area contributed by atoms with Crippen LogP contribution in [0.3, 0.4) is 0 Å². The fourth-order valence-electron chi connectivity index (χ4n) is 1.38. The number of hydrogen-bond acceptors (Lipinski definition) is 2. The van der Waals surface area contributed by atoms with Crippen LogP contribution in [0.25, 0.3) is 10.9 Å². The molecule has 2 aromatic rings. The topological polar surface area (TPSA) is 27.1 Å². The van der Waals surface area contributed by atoms with Crippen molar-refractivity contribution in [3.05, 3.63) is 22.6 Å². The van der Waals surface area contributed by atoms with Gasteiger partial charge in [0.05, 0.1) is 12.5 Å². The van der Waals surface area contributed by atoms with Crippen molar-refractivity contribution in [2.24, 2.45) is 7.05 Å². The Labute approximate surface area is 88.6 Å². The van der Waals surface area contributed by atoms with E-state index in [4.69, 9.17) is 4.74 Å². The van der Waals surface area contributed by atoms with Gasteiger partial charge in [0.2, 0.25) is 5.95 Å². The number of aromatic nitrogens is 2. The largest absolute Gasteiger partial charge is 0.496 e. The monoisotopic (exact) mass is 258 g/mol. The van der Waals surface area contributed by atoms with Crippen LogP contribution in [0.15, 0.2) is 16.6 Å². The molecule has 2 rings (SSSR count). The van der Waals surface area contributed by atoms with Crippen molar-refractivity contribution in [2.75, 3.05) is 7.11 Å². The van der Waals surface area contributed by atoms with Crippen molar-refractivity contribution in [1.82, 2.24) is 9.78 Å². The molecular weight excluding hydrogens is 251 g/mol. The average molecular weight is 259 g/mol. The lowest BCUT2D eigenvalue weighted by Gasteiger charge is -2.01. The van der Waals surface area contributed by atoms with E-state index in [1.54, 1.807) is 19.2 Å². The highest BCUT2D eigenvalue weighted by Crippen LogP contribution is 2.31. The summed E-state index contributed by atoms with van der Waals surface area (Å²) in [7, 11) is 3.07. The van der Waals surface area contributed by atoms with E-state index in [0.29, 0.717) is 16.7 Å². The highest BCUT2D eigenvalue weighted by molar-refractivity contribution is 9.10. The SMILES string of the molecule is COc1cc(Br)cc2nn(C)c(F)c12. The third-order valence-corrected chi connectivity index (χ3v) is 2.47. The molecule has 1 heterocycles. The van der Waals surface area contributed by atoms with Crippen LogP contribution < -0.4 is 4.74 Å². The second-order valence-electron chi connectivity index (χ2n) is 2.92. The Morgan fingerprint density at radius 1 is 1.50 bits per heavy atom. The maximum Gasteiger partial charge on any atom is 0.222 e. The lowest BCUT2D eigenvalue weighted by molar-refractivity contribution is 0.416. The van der Waals surface area contributed by atoms with Crippen LogP contribution in [0.4, 0.5) is 4.39 Å². The molecule has 1 aromatic heterocycles. The molecule has 0 saturated heterocycles. The highest BCUT2D eigenvalue weighted by Gasteiger charge is 2.14. The van der Waals surface area contributed by atoms with Crippen LogP contribution in [0, 0.1) is 5.95 Å². The number of rotatable bonds is 1. The number of halogens is 2. The van der Waals surface area contributed by atoms with Gasteiger partial charge in [0.1, 0.15) is 11.3 Å². The molecule has 0 saturated carbocycles. The fraction of sp³-hybridized carbons (Fsp3) is 0.222. The van der Waals surface area contributed by atoms with E-state index in [0.717, 1.165) is 4.47 Å². The third kappa shape index (κ3) is 1.28. The van der Waals surface area contributed by atoms with Crippen LogP contribution in [0.2, 0.25) is 0 Å². The molecule has 3 nitrogen and oxygen atoms in total. The van der Waals surface area contributed by atoms with Gasteiger partial charge in [0, 0.05) is 11.5 Å². The first-order valence-electron chi connectivity index (χ1n) is 3.99. The standard InChI is InChI=1S/C9H8BrFN2O/c1-13-9(11)8-6(12-13)3-5(10)4-7(8)14-2/h3-4H,1-2H3. The van der Waals surface area contributed by atoms with Crippen molar-refractivity contribution < 1.29 is 9.13 Å². The molecule has 0 radical (unpaired) electrons. The molecule has 0 N–H and O–H groups in total. The van der Waals surface area contributed by atoms with Gasteiger partial charge in [0.25, 0.3) is 0 Å². The van der Waals surface area contributed by atoms with Gasteiger partial charge in [0.15, 0.2) is 0 Å². The zero-order chi connectivity index (χ0) is 10.3. The first-order valence-corrected chi connectivity index (χ1v) is 4.78. The second kappa shape index (κ2) is 3.24. The Kier molecular flexibility index (Phi) is 2.19.